The molecule has 0 aliphatic heterocycles. The monoisotopic (exact) mass is 308 g/mol. The van der Waals surface area contributed by atoms with Gasteiger partial charge in [0.25, 0.3) is 5.56 Å². The van der Waals surface area contributed by atoms with Gasteiger partial charge in [0.15, 0.2) is 0 Å². The van der Waals surface area contributed by atoms with Gasteiger partial charge in [0.1, 0.15) is 0 Å². The van der Waals surface area contributed by atoms with Gasteiger partial charge in [0.05, 0.1) is 11.9 Å². The SMILES string of the molecule is CC(=O)Nc1cccc(-n2cc(-c3cn[nH]c3)c(C)cc2=O)c1. The van der Waals surface area contributed by atoms with Crippen LogP contribution in [0.2, 0.25) is 0 Å². The first kappa shape index (κ1) is 14.8. The lowest BCUT2D eigenvalue weighted by Gasteiger charge is -2.11. The highest BCUT2D eigenvalue weighted by Gasteiger charge is 2.09. The average molecular weight is 308 g/mol. The number of H-pyrrole nitrogens is 1. The van der Waals surface area contributed by atoms with Crippen molar-refractivity contribution in [3.8, 4) is 16.8 Å². The predicted molar refractivity (Wildman–Crippen MR) is 88.7 cm³/mol. The summed E-state index contributed by atoms with van der Waals surface area (Å²) < 4.78 is 1.56. The Morgan fingerprint density at radius 2 is 2.13 bits per heavy atom. The van der Waals surface area contributed by atoms with E-state index < -0.39 is 0 Å². The van der Waals surface area contributed by atoms with Gasteiger partial charge in [-0.15, -0.1) is 0 Å². The van der Waals surface area contributed by atoms with Gasteiger partial charge < -0.3 is 5.32 Å². The highest BCUT2D eigenvalue weighted by atomic mass is 16.1. The van der Waals surface area contributed by atoms with E-state index in [1.807, 2.05) is 13.0 Å². The van der Waals surface area contributed by atoms with E-state index in [0.29, 0.717) is 11.4 Å². The van der Waals surface area contributed by atoms with Crippen LogP contribution in [0.4, 0.5) is 5.69 Å². The fourth-order valence-corrected chi connectivity index (χ4v) is 2.47. The molecule has 0 aliphatic carbocycles. The Bertz CT molecular complexity index is 911. The third-order valence-corrected chi connectivity index (χ3v) is 3.51. The van der Waals surface area contributed by atoms with Gasteiger partial charge in [0, 0.05) is 42.2 Å². The third-order valence-electron chi connectivity index (χ3n) is 3.51. The number of aryl methyl sites for hydroxylation is 1. The van der Waals surface area contributed by atoms with E-state index in [0.717, 1.165) is 16.7 Å². The van der Waals surface area contributed by atoms with E-state index in [-0.39, 0.29) is 11.5 Å². The van der Waals surface area contributed by atoms with Gasteiger partial charge in [-0.2, -0.15) is 5.10 Å². The first-order chi connectivity index (χ1) is 11.0. The Labute approximate surface area is 132 Å². The Morgan fingerprint density at radius 1 is 1.30 bits per heavy atom. The fourth-order valence-electron chi connectivity index (χ4n) is 2.47. The molecule has 1 aromatic carbocycles. The van der Waals surface area contributed by atoms with Crippen LogP contribution >= 0.6 is 0 Å². The van der Waals surface area contributed by atoms with Crippen LogP contribution in [0.1, 0.15) is 12.5 Å². The van der Waals surface area contributed by atoms with E-state index in [9.17, 15) is 9.59 Å². The second-order valence-electron chi connectivity index (χ2n) is 5.30. The van der Waals surface area contributed by atoms with Crippen molar-refractivity contribution in [1.82, 2.24) is 14.8 Å². The number of carbonyl (C=O) groups excluding carboxylic acids is 1. The van der Waals surface area contributed by atoms with E-state index in [2.05, 4.69) is 15.5 Å². The third kappa shape index (κ3) is 3.06. The molecule has 0 saturated heterocycles. The Balaban J connectivity index is 2.11. The Morgan fingerprint density at radius 3 is 2.83 bits per heavy atom. The number of carbonyl (C=O) groups is 1. The molecule has 0 bridgehead atoms. The number of hydrogen-bond donors (Lipinski definition) is 2. The highest BCUT2D eigenvalue weighted by molar-refractivity contribution is 5.88. The quantitative estimate of drug-likeness (QED) is 0.780. The standard InChI is InChI=1S/C17H16N4O2/c1-11-6-17(23)21(10-16(11)13-8-18-19-9-13)15-5-3-4-14(7-15)20-12(2)22/h3-10H,1-2H3,(H,18,19)(H,20,22). The molecular formula is C17H16N4O2. The van der Waals surface area contributed by atoms with Crippen molar-refractivity contribution in [1.29, 1.82) is 0 Å². The number of amides is 1. The number of aromatic amines is 1. The number of aromatic nitrogens is 3. The van der Waals surface area contributed by atoms with Crippen LogP contribution in [0.25, 0.3) is 16.8 Å². The molecule has 0 fully saturated rings. The maximum atomic E-state index is 12.3. The molecular weight excluding hydrogens is 292 g/mol. The van der Waals surface area contributed by atoms with Gasteiger partial charge in [-0.3, -0.25) is 19.3 Å². The maximum Gasteiger partial charge on any atom is 0.255 e. The lowest BCUT2D eigenvalue weighted by Crippen LogP contribution is -2.18. The highest BCUT2D eigenvalue weighted by Crippen LogP contribution is 2.22. The minimum Gasteiger partial charge on any atom is -0.326 e. The van der Waals surface area contributed by atoms with Crippen LogP contribution in [-0.2, 0) is 4.79 Å². The molecule has 0 spiro atoms. The second-order valence-corrected chi connectivity index (χ2v) is 5.30. The Hall–Kier alpha value is -3.15. The first-order valence-electron chi connectivity index (χ1n) is 7.15. The molecule has 6 heteroatoms. The zero-order valence-electron chi connectivity index (χ0n) is 12.8. The lowest BCUT2D eigenvalue weighted by atomic mass is 10.1. The summed E-state index contributed by atoms with van der Waals surface area (Å²) in [4.78, 5) is 23.5. The molecule has 2 heterocycles. The predicted octanol–water partition coefficient (Wildman–Crippen LogP) is 2.49. The van der Waals surface area contributed by atoms with Gasteiger partial charge in [-0.25, -0.2) is 0 Å². The van der Waals surface area contributed by atoms with Crippen LogP contribution < -0.4 is 10.9 Å². The van der Waals surface area contributed by atoms with Gasteiger partial charge in [-0.05, 0) is 30.7 Å². The van der Waals surface area contributed by atoms with Crippen LogP contribution in [0.15, 0.2) is 53.7 Å². The summed E-state index contributed by atoms with van der Waals surface area (Å²) in [5.74, 6) is -0.155. The van der Waals surface area contributed by atoms with Crippen molar-refractivity contribution >= 4 is 11.6 Å². The number of nitrogens with zero attached hydrogens (tertiary/aromatic N) is 2. The molecule has 0 radical (unpaired) electrons. The van der Waals surface area contributed by atoms with Crippen LogP contribution in [-0.4, -0.2) is 20.7 Å². The minimum absolute atomic E-state index is 0.130. The zero-order valence-corrected chi connectivity index (χ0v) is 12.8. The fraction of sp³-hybridized carbons (Fsp3) is 0.118. The van der Waals surface area contributed by atoms with Gasteiger partial charge in [-0.1, -0.05) is 6.07 Å². The molecule has 3 rings (SSSR count). The molecule has 2 N–H and O–H groups in total. The number of hydrogen-bond acceptors (Lipinski definition) is 3. The van der Waals surface area contributed by atoms with Crippen molar-refractivity contribution in [2.75, 3.05) is 5.32 Å². The van der Waals surface area contributed by atoms with Crippen LogP contribution in [0.3, 0.4) is 0 Å². The topological polar surface area (TPSA) is 79.8 Å². The molecule has 0 atom stereocenters. The van der Waals surface area contributed by atoms with Crippen molar-refractivity contribution < 1.29 is 4.79 Å². The lowest BCUT2D eigenvalue weighted by molar-refractivity contribution is -0.114. The number of rotatable bonds is 3. The second kappa shape index (κ2) is 5.92. The maximum absolute atomic E-state index is 12.3. The summed E-state index contributed by atoms with van der Waals surface area (Å²) in [6, 6.07) is 8.75. The number of benzene rings is 1. The summed E-state index contributed by atoms with van der Waals surface area (Å²) in [6.45, 7) is 3.34. The van der Waals surface area contributed by atoms with Crippen molar-refractivity contribution in [2.24, 2.45) is 0 Å². The zero-order chi connectivity index (χ0) is 16.4. The van der Waals surface area contributed by atoms with Gasteiger partial charge >= 0.3 is 0 Å². The van der Waals surface area contributed by atoms with Crippen LogP contribution in [0.5, 0.6) is 0 Å². The number of pyridine rings is 1. The first-order valence-corrected chi connectivity index (χ1v) is 7.15. The molecule has 0 aliphatic rings. The molecule has 1 amide bonds. The normalized spacial score (nSPS) is 10.5. The number of anilines is 1. The summed E-state index contributed by atoms with van der Waals surface area (Å²) >= 11 is 0. The van der Waals surface area contributed by atoms with Crippen molar-refractivity contribution in [2.45, 2.75) is 13.8 Å². The molecule has 6 nitrogen and oxygen atoms in total. The van der Waals surface area contributed by atoms with Crippen molar-refractivity contribution in [3.05, 3.63) is 64.8 Å². The van der Waals surface area contributed by atoms with E-state index in [1.54, 1.807) is 47.4 Å². The summed E-state index contributed by atoms with van der Waals surface area (Å²) in [7, 11) is 0. The summed E-state index contributed by atoms with van der Waals surface area (Å²) in [6.07, 6.45) is 5.28. The Kier molecular flexibility index (Phi) is 3.80. The largest absolute Gasteiger partial charge is 0.326 e. The molecule has 116 valence electrons. The van der Waals surface area contributed by atoms with E-state index in [1.165, 1.54) is 6.92 Å². The van der Waals surface area contributed by atoms with Crippen LogP contribution in [0, 0.1) is 6.92 Å². The molecule has 3 aromatic rings. The average Bonchev–Trinajstić information content (AvgIpc) is 3.01. The van der Waals surface area contributed by atoms with Crippen molar-refractivity contribution in [3.63, 3.8) is 0 Å². The van der Waals surface area contributed by atoms with E-state index >= 15 is 0 Å². The summed E-state index contributed by atoms with van der Waals surface area (Å²) in [5, 5.41) is 9.45. The van der Waals surface area contributed by atoms with Gasteiger partial charge in [0.2, 0.25) is 5.91 Å². The molecule has 2 aromatic heterocycles. The number of nitrogens with one attached hydrogen (secondary N) is 2. The minimum atomic E-state index is -0.155. The van der Waals surface area contributed by atoms with E-state index in [4.69, 9.17) is 0 Å². The summed E-state index contributed by atoms with van der Waals surface area (Å²) in [5.41, 5.74) is 3.91. The molecule has 0 unspecified atom stereocenters. The molecule has 23 heavy (non-hydrogen) atoms. The molecule has 0 saturated carbocycles. The smallest absolute Gasteiger partial charge is 0.255 e.